The molecule has 1 aromatic rings. The number of carbonyl (C=O) groups is 2. The van der Waals surface area contributed by atoms with Gasteiger partial charge in [0.1, 0.15) is 11.6 Å². The lowest BCUT2D eigenvalue weighted by atomic mass is 10.1. The first kappa shape index (κ1) is 20.4. The molecule has 25 heavy (non-hydrogen) atoms. The number of amides is 1. The third-order valence-electron chi connectivity index (χ3n) is 3.41. The molecule has 134 valence electrons. The van der Waals surface area contributed by atoms with Crippen molar-refractivity contribution in [2.24, 2.45) is 0 Å². The molecule has 0 spiro atoms. The molecule has 0 saturated heterocycles. The molecule has 0 unspecified atom stereocenters. The van der Waals surface area contributed by atoms with Gasteiger partial charge in [-0.15, -0.1) is 0 Å². The van der Waals surface area contributed by atoms with Crippen LogP contribution in [-0.4, -0.2) is 31.4 Å². The van der Waals surface area contributed by atoms with Gasteiger partial charge in [-0.1, -0.05) is 13.3 Å². The highest BCUT2D eigenvalue weighted by molar-refractivity contribution is 6.06. The number of nitriles is 1. The Morgan fingerprint density at radius 3 is 2.48 bits per heavy atom. The number of nitrogens with one attached hydrogen (secondary N) is 2. The molecule has 0 fully saturated rings. The van der Waals surface area contributed by atoms with Gasteiger partial charge in [-0.3, -0.25) is 9.59 Å². The Hall–Kier alpha value is -2.65. The summed E-state index contributed by atoms with van der Waals surface area (Å²) in [4.78, 5) is 23.3. The maximum absolute atomic E-state index is 12.1. The molecule has 0 aromatic heterocycles. The molecule has 0 aliphatic heterocycles. The number of carbonyl (C=O) groups excluding carboxylic acids is 2. The van der Waals surface area contributed by atoms with Crippen molar-refractivity contribution >= 4 is 17.4 Å². The van der Waals surface area contributed by atoms with E-state index in [0.29, 0.717) is 24.4 Å². The summed E-state index contributed by atoms with van der Waals surface area (Å²) in [6.45, 7) is 5.63. The van der Waals surface area contributed by atoms with Gasteiger partial charge in [0, 0.05) is 37.2 Å². The number of ether oxygens (including phenoxy) is 1. The van der Waals surface area contributed by atoms with Crippen LogP contribution in [0.4, 0.5) is 5.69 Å². The largest absolute Gasteiger partial charge is 0.390 e. The van der Waals surface area contributed by atoms with Crippen LogP contribution in [-0.2, 0) is 9.53 Å². The van der Waals surface area contributed by atoms with Crippen LogP contribution in [0, 0.1) is 11.3 Å². The summed E-state index contributed by atoms with van der Waals surface area (Å²) >= 11 is 0. The third-order valence-corrected chi connectivity index (χ3v) is 3.41. The lowest BCUT2D eigenvalue weighted by Gasteiger charge is -2.06. The molecule has 6 nitrogen and oxygen atoms in total. The SMILES string of the molecule is CCCCOCCCN/C=C(/C#N)C(=O)Nc1ccc(C(C)=O)cc1. The Kier molecular flexibility index (Phi) is 9.64. The molecule has 0 aliphatic rings. The van der Waals surface area contributed by atoms with Gasteiger partial charge in [-0.05, 0) is 44.0 Å². The average molecular weight is 343 g/mol. The first-order chi connectivity index (χ1) is 12.1. The quantitative estimate of drug-likeness (QED) is 0.279. The molecule has 1 aromatic carbocycles. The van der Waals surface area contributed by atoms with Crippen LogP contribution in [0.5, 0.6) is 0 Å². The molecule has 0 atom stereocenters. The summed E-state index contributed by atoms with van der Waals surface area (Å²) < 4.78 is 5.43. The highest BCUT2D eigenvalue weighted by Crippen LogP contribution is 2.11. The van der Waals surface area contributed by atoms with Gasteiger partial charge in [-0.25, -0.2) is 0 Å². The number of nitrogens with zero attached hydrogens (tertiary/aromatic N) is 1. The topological polar surface area (TPSA) is 91.2 Å². The highest BCUT2D eigenvalue weighted by Gasteiger charge is 2.09. The number of anilines is 1. The molecule has 0 saturated carbocycles. The van der Waals surface area contributed by atoms with Crippen LogP contribution in [0.1, 0.15) is 43.5 Å². The van der Waals surface area contributed by atoms with Gasteiger partial charge in [-0.2, -0.15) is 5.26 Å². The summed E-state index contributed by atoms with van der Waals surface area (Å²) in [5.41, 5.74) is 1.08. The Morgan fingerprint density at radius 1 is 1.20 bits per heavy atom. The van der Waals surface area contributed by atoms with Crippen molar-refractivity contribution in [2.75, 3.05) is 25.1 Å². The van der Waals surface area contributed by atoms with Gasteiger partial charge < -0.3 is 15.4 Å². The Bertz CT molecular complexity index is 630. The van der Waals surface area contributed by atoms with E-state index in [1.54, 1.807) is 24.3 Å². The van der Waals surface area contributed by atoms with Crippen molar-refractivity contribution in [1.29, 1.82) is 5.26 Å². The molecule has 0 radical (unpaired) electrons. The van der Waals surface area contributed by atoms with E-state index in [9.17, 15) is 9.59 Å². The van der Waals surface area contributed by atoms with E-state index in [1.807, 2.05) is 6.07 Å². The van der Waals surface area contributed by atoms with Gasteiger partial charge in [0.15, 0.2) is 5.78 Å². The number of ketones is 1. The number of unbranched alkanes of at least 4 members (excludes halogenated alkanes) is 1. The van der Waals surface area contributed by atoms with E-state index < -0.39 is 5.91 Å². The summed E-state index contributed by atoms with van der Waals surface area (Å²) in [5.74, 6) is -0.539. The van der Waals surface area contributed by atoms with E-state index in [1.165, 1.54) is 13.1 Å². The van der Waals surface area contributed by atoms with Crippen molar-refractivity contribution in [3.8, 4) is 6.07 Å². The second kappa shape index (κ2) is 11.8. The average Bonchev–Trinajstić information content (AvgIpc) is 2.61. The lowest BCUT2D eigenvalue weighted by molar-refractivity contribution is -0.112. The number of hydrogen-bond acceptors (Lipinski definition) is 5. The maximum Gasteiger partial charge on any atom is 0.267 e. The molecule has 0 aliphatic carbocycles. The summed E-state index contributed by atoms with van der Waals surface area (Å²) in [6.07, 6.45) is 4.37. The lowest BCUT2D eigenvalue weighted by Crippen LogP contribution is -2.18. The van der Waals surface area contributed by atoms with Gasteiger partial charge >= 0.3 is 0 Å². The monoisotopic (exact) mass is 343 g/mol. The fourth-order valence-electron chi connectivity index (χ4n) is 1.93. The van der Waals surface area contributed by atoms with Gasteiger partial charge in [0.05, 0.1) is 0 Å². The normalized spacial score (nSPS) is 10.8. The second-order valence-electron chi connectivity index (χ2n) is 5.53. The zero-order chi connectivity index (χ0) is 18.5. The van der Waals surface area contributed by atoms with Crippen LogP contribution in [0.3, 0.4) is 0 Å². The molecule has 0 bridgehead atoms. The molecule has 1 amide bonds. The predicted molar refractivity (Wildman–Crippen MR) is 97.1 cm³/mol. The maximum atomic E-state index is 12.1. The van der Waals surface area contributed by atoms with Crippen molar-refractivity contribution in [2.45, 2.75) is 33.1 Å². The zero-order valence-corrected chi connectivity index (χ0v) is 14.8. The first-order valence-electron chi connectivity index (χ1n) is 8.42. The Labute approximate surface area is 148 Å². The minimum Gasteiger partial charge on any atom is -0.390 e. The van der Waals surface area contributed by atoms with Crippen molar-refractivity contribution in [1.82, 2.24) is 5.32 Å². The number of hydrogen-bond donors (Lipinski definition) is 2. The van der Waals surface area contributed by atoms with Crippen LogP contribution >= 0.6 is 0 Å². The fraction of sp³-hybridized carbons (Fsp3) is 0.421. The van der Waals surface area contributed by atoms with Crippen molar-refractivity contribution < 1.29 is 14.3 Å². The molecular weight excluding hydrogens is 318 g/mol. The fourth-order valence-corrected chi connectivity index (χ4v) is 1.93. The Morgan fingerprint density at radius 2 is 1.88 bits per heavy atom. The van der Waals surface area contributed by atoms with E-state index in [4.69, 9.17) is 10.00 Å². The summed E-state index contributed by atoms with van der Waals surface area (Å²) in [5, 5.41) is 14.7. The third kappa shape index (κ3) is 8.13. The molecule has 6 heteroatoms. The van der Waals surface area contributed by atoms with Crippen LogP contribution in [0.15, 0.2) is 36.0 Å². The standard InChI is InChI=1S/C19H25N3O3/c1-3-4-11-25-12-5-10-21-14-17(13-20)19(24)22-18-8-6-16(7-9-18)15(2)23/h6-9,14,21H,3-5,10-12H2,1-2H3,(H,22,24)/b17-14-. The predicted octanol–water partition coefficient (Wildman–Crippen LogP) is 3.03. The van der Waals surface area contributed by atoms with Crippen LogP contribution in [0.25, 0.3) is 0 Å². The summed E-state index contributed by atoms with van der Waals surface area (Å²) in [7, 11) is 0. The van der Waals surface area contributed by atoms with Crippen molar-refractivity contribution in [3.05, 3.63) is 41.6 Å². The van der Waals surface area contributed by atoms with Crippen LogP contribution < -0.4 is 10.6 Å². The van der Waals surface area contributed by atoms with Gasteiger partial charge in [0.2, 0.25) is 0 Å². The zero-order valence-electron chi connectivity index (χ0n) is 14.8. The first-order valence-corrected chi connectivity index (χ1v) is 8.42. The van der Waals surface area contributed by atoms with E-state index in [2.05, 4.69) is 17.6 Å². The van der Waals surface area contributed by atoms with Crippen molar-refractivity contribution in [3.63, 3.8) is 0 Å². The molecule has 1 rings (SSSR count). The number of benzene rings is 1. The Balaban J connectivity index is 2.40. The minimum atomic E-state index is -0.496. The smallest absolute Gasteiger partial charge is 0.267 e. The number of rotatable bonds is 11. The van der Waals surface area contributed by atoms with E-state index in [-0.39, 0.29) is 11.4 Å². The summed E-state index contributed by atoms with van der Waals surface area (Å²) in [6, 6.07) is 8.39. The molecule has 0 heterocycles. The van der Waals surface area contributed by atoms with E-state index >= 15 is 0 Å². The van der Waals surface area contributed by atoms with Crippen LogP contribution in [0.2, 0.25) is 0 Å². The highest BCUT2D eigenvalue weighted by atomic mass is 16.5. The van der Waals surface area contributed by atoms with E-state index in [0.717, 1.165) is 25.9 Å². The molecular formula is C19H25N3O3. The number of Topliss-reactive ketones (excluding diaryl/α,β-unsaturated/α-hetero) is 1. The minimum absolute atomic E-state index is 0.0115. The second-order valence-corrected chi connectivity index (χ2v) is 5.53. The molecule has 2 N–H and O–H groups in total. The van der Waals surface area contributed by atoms with Gasteiger partial charge in [0.25, 0.3) is 5.91 Å².